The molecular formula is C18H29NO. The summed E-state index contributed by atoms with van der Waals surface area (Å²) in [6.07, 6.45) is 3.80. The van der Waals surface area contributed by atoms with E-state index >= 15 is 0 Å². The lowest BCUT2D eigenvalue weighted by atomic mass is 9.58. The maximum Gasteiger partial charge on any atom is 0.119 e. The van der Waals surface area contributed by atoms with E-state index in [0.717, 1.165) is 12.2 Å². The second-order valence-electron chi connectivity index (χ2n) is 6.35. The lowest BCUT2D eigenvalue weighted by molar-refractivity contribution is -0.0835. The summed E-state index contributed by atoms with van der Waals surface area (Å²) in [5, 5.41) is 3.45. The van der Waals surface area contributed by atoms with Crippen LogP contribution in [-0.2, 0) is 0 Å². The fourth-order valence-corrected chi connectivity index (χ4v) is 3.61. The van der Waals surface area contributed by atoms with E-state index in [4.69, 9.17) is 4.74 Å². The predicted octanol–water partition coefficient (Wildman–Crippen LogP) is 4.36. The van der Waals surface area contributed by atoms with Crippen LogP contribution in [0.4, 0.5) is 0 Å². The number of hydrogen-bond donors (Lipinski definition) is 1. The van der Waals surface area contributed by atoms with E-state index in [1.165, 1.54) is 18.4 Å². The van der Waals surface area contributed by atoms with Gasteiger partial charge in [0.2, 0.25) is 0 Å². The molecule has 0 heterocycles. The van der Waals surface area contributed by atoms with Gasteiger partial charge in [0.15, 0.2) is 0 Å². The smallest absolute Gasteiger partial charge is 0.119 e. The molecule has 1 N–H and O–H groups in total. The molecule has 0 aliphatic heterocycles. The summed E-state index contributed by atoms with van der Waals surface area (Å²) in [6, 6.07) is 9.22. The highest BCUT2D eigenvalue weighted by atomic mass is 16.5. The minimum absolute atomic E-state index is 0.297. The maximum atomic E-state index is 6.27. The Morgan fingerprint density at radius 2 is 1.80 bits per heavy atom. The van der Waals surface area contributed by atoms with Crippen LogP contribution >= 0.6 is 0 Å². The van der Waals surface area contributed by atoms with Gasteiger partial charge in [-0.2, -0.15) is 0 Å². The van der Waals surface area contributed by atoms with Crippen molar-refractivity contribution in [2.24, 2.45) is 5.41 Å². The van der Waals surface area contributed by atoms with Gasteiger partial charge in [0.25, 0.3) is 0 Å². The van der Waals surface area contributed by atoms with Crippen LogP contribution in [0, 0.1) is 5.41 Å². The van der Waals surface area contributed by atoms with Gasteiger partial charge in [-0.1, -0.05) is 39.8 Å². The van der Waals surface area contributed by atoms with Crippen molar-refractivity contribution in [1.82, 2.24) is 5.32 Å². The van der Waals surface area contributed by atoms with E-state index in [1.807, 2.05) is 0 Å². The van der Waals surface area contributed by atoms with Crippen molar-refractivity contribution in [3.05, 3.63) is 29.8 Å². The fraction of sp³-hybridized carbons (Fsp3) is 0.667. The normalized spacial score (nSPS) is 24.5. The standard InChI is InChI=1S/C18H29NO/c1-6-18(7-2)16(19-5)12-17(18)20-15-10-8-14(9-11-15)13(3)4/h8-11,13,16-17,19H,6-7,12H2,1-5H3. The molecule has 1 aromatic carbocycles. The van der Waals surface area contributed by atoms with Gasteiger partial charge in [0.05, 0.1) is 0 Å². The Kier molecular flexibility index (Phi) is 4.74. The van der Waals surface area contributed by atoms with Crippen molar-refractivity contribution in [3.8, 4) is 5.75 Å². The highest BCUT2D eigenvalue weighted by Gasteiger charge is 2.53. The van der Waals surface area contributed by atoms with Crippen LogP contribution < -0.4 is 10.1 Å². The largest absolute Gasteiger partial charge is 0.490 e. The second-order valence-corrected chi connectivity index (χ2v) is 6.35. The van der Waals surface area contributed by atoms with Gasteiger partial charge in [0, 0.05) is 17.9 Å². The Morgan fingerprint density at radius 3 is 2.25 bits per heavy atom. The van der Waals surface area contributed by atoms with Crippen LogP contribution in [0.3, 0.4) is 0 Å². The minimum Gasteiger partial charge on any atom is -0.490 e. The SMILES string of the molecule is CCC1(CC)C(NC)CC1Oc1ccc(C(C)C)cc1. The Bertz CT molecular complexity index is 420. The maximum absolute atomic E-state index is 6.27. The van der Waals surface area contributed by atoms with Gasteiger partial charge in [-0.15, -0.1) is 0 Å². The zero-order chi connectivity index (χ0) is 14.8. The van der Waals surface area contributed by atoms with Crippen LogP contribution in [0.1, 0.15) is 58.4 Å². The minimum atomic E-state index is 0.297. The molecular weight excluding hydrogens is 246 g/mol. The van der Waals surface area contributed by atoms with Crippen LogP contribution in [0.2, 0.25) is 0 Å². The van der Waals surface area contributed by atoms with Gasteiger partial charge in [-0.25, -0.2) is 0 Å². The third-order valence-corrected chi connectivity index (χ3v) is 5.28. The summed E-state index contributed by atoms with van der Waals surface area (Å²) in [5.41, 5.74) is 1.67. The molecule has 1 aromatic rings. The van der Waals surface area contributed by atoms with Crippen molar-refractivity contribution in [2.75, 3.05) is 7.05 Å². The molecule has 0 aromatic heterocycles. The molecule has 112 valence electrons. The lowest BCUT2D eigenvalue weighted by Crippen LogP contribution is -2.63. The molecule has 2 nitrogen and oxygen atoms in total. The molecule has 0 spiro atoms. The van der Waals surface area contributed by atoms with E-state index in [2.05, 4.69) is 64.3 Å². The molecule has 1 aliphatic rings. The summed E-state index contributed by atoms with van der Waals surface area (Å²) in [5.74, 6) is 1.59. The molecule has 1 aliphatic carbocycles. The number of hydrogen-bond acceptors (Lipinski definition) is 2. The van der Waals surface area contributed by atoms with E-state index < -0.39 is 0 Å². The van der Waals surface area contributed by atoms with E-state index in [1.54, 1.807) is 0 Å². The van der Waals surface area contributed by atoms with E-state index in [0.29, 0.717) is 23.5 Å². The first-order valence-electron chi connectivity index (χ1n) is 8.01. The highest BCUT2D eigenvalue weighted by molar-refractivity contribution is 5.29. The molecule has 0 radical (unpaired) electrons. The monoisotopic (exact) mass is 275 g/mol. The van der Waals surface area contributed by atoms with Crippen LogP contribution in [0.5, 0.6) is 5.75 Å². The first-order chi connectivity index (χ1) is 9.57. The highest BCUT2D eigenvalue weighted by Crippen LogP contribution is 2.48. The van der Waals surface area contributed by atoms with Crippen LogP contribution in [0.15, 0.2) is 24.3 Å². The lowest BCUT2D eigenvalue weighted by Gasteiger charge is -2.55. The second kappa shape index (κ2) is 6.17. The Balaban J connectivity index is 2.06. The number of rotatable bonds is 6. The van der Waals surface area contributed by atoms with Crippen molar-refractivity contribution < 1.29 is 4.74 Å². The van der Waals surface area contributed by atoms with Gasteiger partial charge >= 0.3 is 0 Å². The molecule has 1 saturated carbocycles. The van der Waals surface area contributed by atoms with Gasteiger partial charge in [-0.05, 0) is 43.5 Å². The molecule has 2 rings (SSSR count). The van der Waals surface area contributed by atoms with Crippen molar-refractivity contribution in [2.45, 2.75) is 65.0 Å². The van der Waals surface area contributed by atoms with E-state index in [-0.39, 0.29) is 0 Å². The molecule has 2 atom stereocenters. The quantitative estimate of drug-likeness (QED) is 0.833. The van der Waals surface area contributed by atoms with Gasteiger partial charge in [0.1, 0.15) is 11.9 Å². The van der Waals surface area contributed by atoms with E-state index in [9.17, 15) is 0 Å². The molecule has 2 unspecified atom stereocenters. The van der Waals surface area contributed by atoms with Gasteiger partial charge < -0.3 is 10.1 Å². The van der Waals surface area contributed by atoms with Crippen LogP contribution in [-0.4, -0.2) is 19.2 Å². The first-order valence-corrected chi connectivity index (χ1v) is 8.01. The summed E-state index contributed by atoms with van der Waals surface area (Å²) < 4.78 is 6.27. The summed E-state index contributed by atoms with van der Waals surface area (Å²) in [4.78, 5) is 0. The Morgan fingerprint density at radius 1 is 1.20 bits per heavy atom. The molecule has 1 fully saturated rings. The molecule has 2 heteroatoms. The zero-order valence-corrected chi connectivity index (χ0v) is 13.6. The number of ether oxygens (including phenoxy) is 1. The number of benzene rings is 1. The average Bonchev–Trinajstić information content (AvgIpc) is 2.45. The predicted molar refractivity (Wildman–Crippen MR) is 85.4 cm³/mol. The molecule has 0 amide bonds. The first kappa shape index (κ1) is 15.4. The van der Waals surface area contributed by atoms with Crippen LogP contribution in [0.25, 0.3) is 0 Å². The van der Waals surface area contributed by atoms with Crippen molar-refractivity contribution in [3.63, 3.8) is 0 Å². The molecule has 0 saturated heterocycles. The summed E-state index contributed by atoms with van der Waals surface area (Å²) in [6.45, 7) is 9.01. The van der Waals surface area contributed by atoms with Crippen molar-refractivity contribution in [1.29, 1.82) is 0 Å². The third-order valence-electron chi connectivity index (χ3n) is 5.28. The fourth-order valence-electron chi connectivity index (χ4n) is 3.61. The molecule has 0 bridgehead atoms. The number of nitrogens with one attached hydrogen (secondary N) is 1. The third kappa shape index (κ3) is 2.58. The topological polar surface area (TPSA) is 21.3 Å². The molecule has 20 heavy (non-hydrogen) atoms. The zero-order valence-electron chi connectivity index (χ0n) is 13.6. The Hall–Kier alpha value is -1.02. The summed E-state index contributed by atoms with van der Waals surface area (Å²) >= 11 is 0. The average molecular weight is 275 g/mol. The Labute approximate surface area is 123 Å². The van der Waals surface area contributed by atoms with Crippen molar-refractivity contribution >= 4 is 0 Å². The van der Waals surface area contributed by atoms with Gasteiger partial charge in [-0.3, -0.25) is 0 Å². The summed E-state index contributed by atoms with van der Waals surface area (Å²) in [7, 11) is 2.07.